The van der Waals surface area contributed by atoms with Gasteiger partial charge in [0.15, 0.2) is 12.6 Å². The summed E-state index contributed by atoms with van der Waals surface area (Å²) in [6.07, 6.45) is -1.25. The van der Waals surface area contributed by atoms with E-state index in [0.29, 0.717) is 18.8 Å². The van der Waals surface area contributed by atoms with Crippen LogP contribution >= 0.6 is 0 Å². The van der Waals surface area contributed by atoms with Crippen LogP contribution in [-0.4, -0.2) is 23.5 Å². The Balaban J connectivity index is 2.63. The van der Waals surface area contributed by atoms with Crippen LogP contribution in [0.2, 0.25) is 0 Å². The van der Waals surface area contributed by atoms with Crippen LogP contribution in [0.15, 0.2) is 0 Å². The Bertz CT molecular complexity index is 170. The molecule has 0 N–H and O–H groups in total. The van der Waals surface area contributed by atoms with Gasteiger partial charge in [0, 0.05) is 6.04 Å². The fourth-order valence-corrected chi connectivity index (χ4v) is 2.21. The molecule has 2 unspecified atom stereocenters. The Morgan fingerprint density at radius 2 is 1.43 bits per heavy atom. The molecule has 1 aliphatic heterocycles. The van der Waals surface area contributed by atoms with Crippen molar-refractivity contribution >= 4 is 0 Å². The molecule has 1 nitrogen and oxygen atoms in total. The Morgan fingerprint density at radius 1 is 1.00 bits per heavy atom. The maximum Gasteiger partial charge on any atom is 0.156 e. The Kier molecular flexibility index (Phi) is 3.87. The van der Waals surface area contributed by atoms with E-state index in [-0.39, 0.29) is 12.0 Å². The second kappa shape index (κ2) is 4.56. The molecule has 2 atom stereocenters. The van der Waals surface area contributed by atoms with Gasteiger partial charge in [0.1, 0.15) is 0 Å². The Hall–Kier alpha value is -0.180. The molecule has 0 aromatic heterocycles. The lowest BCUT2D eigenvalue weighted by atomic mass is 9.85. The van der Waals surface area contributed by atoms with Crippen molar-refractivity contribution < 1.29 is 8.78 Å². The van der Waals surface area contributed by atoms with Crippen molar-refractivity contribution in [3.05, 3.63) is 0 Å². The standard InChI is InChI=1S/C11H21F2N/c1-7(2)9-5-10(12)14(8(3)4)11(13)6-9/h7-11H,5-6H2,1-4H3. The average Bonchev–Trinajstić information content (AvgIpc) is 2.01. The largest absolute Gasteiger partial charge is 0.241 e. The molecule has 1 heterocycles. The van der Waals surface area contributed by atoms with E-state index >= 15 is 0 Å². The van der Waals surface area contributed by atoms with E-state index < -0.39 is 12.6 Å². The highest BCUT2D eigenvalue weighted by Crippen LogP contribution is 2.34. The number of hydrogen-bond donors (Lipinski definition) is 0. The zero-order valence-corrected chi connectivity index (χ0v) is 9.50. The summed E-state index contributed by atoms with van der Waals surface area (Å²) in [6, 6.07) is -0.0480. The van der Waals surface area contributed by atoms with Gasteiger partial charge in [-0.15, -0.1) is 0 Å². The molecule has 1 rings (SSSR count). The fraction of sp³-hybridized carbons (Fsp3) is 1.00. The Morgan fingerprint density at radius 3 is 1.71 bits per heavy atom. The highest BCUT2D eigenvalue weighted by atomic mass is 19.2. The second-order valence-corrected chi connectivity index (χ2v) is 4.89. The molecule has 0 radical (unpaired) electrons. The topological polar surface area (TPSA) is 3.24 Å². The maximum atomic E-state index is 13.6. The molecule has 0 bridgehead atoms. The third-order valence-electron chi connectivity index (χ3n) is 3.18. The van der Waals surface area contributed by atoms with E-state index in [2.05, 4.69) is 0 Å². The average molecular weight is 205 g/mol. The molecule has 1 fully saturated rings. The molecule has 1 saturated heterocycles. The zero-order chi connectivity index (χ0) is 10.9. The first kappa shape index (κ1) is 11.9. The number of halogens is 2. The molecule has 84 valence electrons. The fourth-order valence-electron chi connectivity index (χ4n) is 2.21. The normalized spacial score (nSPS) is 35.6. The molecule has 0 spiro atoms. The minimum Gasteiger partial charge on any atom is -0.241 e. The summed E-state index contributed by atoms with van der Waals surface area (Å²) < 4.78 is 27.3. The summed E-state index contributed by atoms with van der Waals surface area (Å²) in [7, 11) is 0. The van der Waals surface area contributed by atoms with E-state index in [9.17, 15) is 8.78 Å². The summed E-state index contributed by atoms with van der Waals surface area (Å²) in [6.45, 7) is 7.76. The van der Waals surface area contributed by atoms with Crippen LogP contribution in [0.5, 0.6) is 0 Å². The quantitative estimate of drug-likeness (QED) is 0.625. The smallest absolute Gasteiger partial charge is 0.156 e. The second-order valence-electron chi connectivity index (χ2n) is 4.89. The lowest BCUT2D eigenvalue weighted by Crippen LogP contribution is -2.49. The summed E-state index contributed by atoms with van der Waals surface area (Å²) in [5.74, 6) is 0.566. The predicted octanol–water partition coefficient (Wildman–Crippen LogP) is 3.35. The van der Waals surface area contributed by atoms with Crippen LogP contribution in [0, 0.1) is 11.8 Å². The van der Waals surface area contributed by atoms with Crippen molar-refractivity contribution in [2.24, 2.45) is 11.8 Å². The first-order valence-electron chi connectivity index (χ1n) is 5.49. The van der Waals surface area contributed by atoms with Crippen LogP contribution in [-0.2, 0) is 0 Å². The van der Waals surface area contributed by atoms with Crippen molar-refractivity contribution in [1.82, 2.24) is 4.90 Å². The van der Waals surface area contributed by atoms with Gasteiger partial charge in [-0.1, -0.05) is 13.8 Å². The number of rotatable bonds is 2. The SMILES string of the molecule is CC(C)C1CC(F)N(C(C)C)C(F)C1. The Labute approximate surface area is 85.5 Å². The van der Waals surface area contributed by atoms with E-state index in [4.69, 9.17) is 0 Å². The lowest BCUT2D eigenvalue weighted by Gasteiger charge is -2.41. The van der Waals surface area contributed by atoms with Crippen LogP contribution in [0.3, 0.4) is 0 Å². The van der Waals surface area contributed by atoms with Gasteiger partial charge in [-0.05, 0) is 38.5 Å². The summed E-state index contributed by atoms with van der Waals surface area (Å²) in [5.41, 5.74) is 0. The van der Waals surface area contributed by atoms with Crippen molar-refractivity contribution in [2.45, 2.75) is 59.2 Å². The molecule has 1 aliphatic rings. The predicted molar refractivity (Wildman–Crippen MR) is 54.3 cm³/mol. The van der Waals surface area contributed by atoms with E-state index in [1.165, 1.54) is 4.90 Å². The van der Waals surface area contributed by atoms with Crippen LogP contribution in [0.1, 0.15) is 40.5 Å². The first-order valence-corrected chi connectivity index (χ1v) is 5.49. The number of piperidine rings is 1. The molecule has 0 aromatic rings. The molecule has 3 heteroatoms. The molecule has 0 aliphatic carbocycles. The van der Waals surface area contributed by atoms with Crippen molar-refractivity contribution in [3.63, 3.8) is 0 Å². The van der Waals surface area contributed by atoms with E-state index in [0.717, 1.165) is 0 Å². The van der Waals surface area contributed by atoms with Crippen molar-refractivity contribution in [2.75, 3.05) is 0 Å². The summed E-state index contributed by atoms with van der Waals surface area (Å²) in [4.78, 5) is 1.35. The number of likely N-dealkylation sites (tertiary alicyclic amines) is 1. The van der Waals surface area contributed by atoms with Crippen molar-refractivity contribution in [3.8, 4) is 0 Å². The highest BCUT2D eigenvalue weighted by Gasteiger charge is 2.38. The minimum absolute atomic E-state index is 0.0480. The third-order valence-corrected chi connectivity index (χ3v) is 3.18. The molecule has 0 aromatic carbocycles. The first-order chi connectivity index (χ1) is 6.43. The minimum atomic E-state index is -1.11. The van der Waals surface area contributed by atoms with Crippen LogP contribution in [0.25, 0.3) is 0 Å². The number of hydrogen-bond acceptors (Lipinski definition) is 1. The van der Waals surface area contributed by atoms with E-state index in [1.807, 2.05) is 27.7 Å². The third kappa shape index (κ3) is 2.44. The van der Waals surface area contributed by atoms with Gasteiger partial charge >= 0.3 is 0 Å². The molecular formula is C11H21F2N. The number of alkyl halides is 2. The van der Waals surface area contributed by atoms with Gasteiger partial charge < -0.3 is 0 Å². The van der Waals surface area contributed by atoms with Gasteiger partial charge in [0.05, 0.1) is 0 Å². The molecular weight excluding hydrogens is 184 g/mol. The van der Waals surface area contributed by atoms with Crippen LogP contribution < -0.4 is 0 Å². The summed E-state index contributed by atoms with van der Waals surface area (Å²) >= 11 is 0. The molecule has 14 heavy (non-hydrogen) atoms. The van der Waals surface area contributed by atoms with Gasteiger partial charge in [-0.2, -0.15) is 0 Å². The summed E-state index contributed by atoms with van der Waals surface area (Å²) in [5, 5.41) is 0. The molecule has 0 saturated carbocycles. The van der Waals surface area contributed by atoms with E-state index in [1.54, 1.807) is 0 Å². The lowest BCUT2D eigenvalue weighted by molar-refractivity contribution is -0.0992. The van der Waals surface area contributed by atoms with Crippen molar-refractivity contribution in [1.29, 1.82) is 0 Å². The zero-order valence-electron chi connectivity index (χ0n) is 9.50. The maximum absolute atomic E-state index is 13.6. The monoisotopic (exact) mass is 205 g/mol. The highest BCUT2D eigenvalue weighted by molar-refractivity contribution is 4.82. The molecule has 0 amide bonds. The van der Waals surface area contributed by atoms with Gasteiger partial charge in [-0.25, -0.2) is 13.7 Å². The van der Waals surface area contributed by atoms with Gasteiger partial charge in [0.25, 0.3) is 0 Å². The van der Waals surface area contributed by atoms with Crippen LogP contribution in [0.4, 0.5) is 8.78 Å². The van der Waals surface area contributed by atoms with Gasteiger partial charge in [-0.3, -0.25) is 0 Å². The van der Waals surface area contributed by atoms with Gasteiger partial charge in [0.2, 0.25) is 0 Å². The number of nitrogens with zero attached hydrogens (tertiary/aromatic N) is 1.